The summed E-state index contributed by atoms with van der Waals surface area (Å²) < 4.78 is 10.7. The second-order valence-corrected chi connectivity index (χ2v) is 6.94. The molecule has 0 N–H and O–H groups in total. The van der Waals surface area contributed by atoms with Crippen molar-refractivity contribution < 1.29 is 19.1 Å². The zero-order valence-electron chi connectivity index (χ0n) is 16.7. The monoisotopic (exact) mass is 367 g/mol. The topological polar surface area (TPSA) is 57.1 Å². The average Bonchev–Trinajstić information content (AvgIpc) is 3.11. The van der Waals surface area contributed by atoms with Crippen LogP contribution in [-0.2, 0) is 16.2 Å². The van der Waals surface area contributed by atoms with Gasteiger partial charge in [-0.3, -0.25) is 4.79 Å². The lowest BCUT2D eigenvalue weighted by Gasteiger charge is -2.18. The highest BCUT2D eigenvalue weighted by atomic mass is 16.7. The van der Waals surface area contributed by atoms with Crippen LogP contribution in [0.4, 0.5) is 0 Å². The molecule has 0 radical (unpaired) electrons. The van der Waals surface area contributed by atoms with Gasteiger partial charge >= 0.3 is 0 Å². The molecule has 0 aliphatic carbocycles. The molecule has 1 aliphatic rings. The smallest absolute Gasteiger partial charge is 0.231 e. The quantitative estimate of drug-likeness (QED) is 0.578. The molecule has 0 bridgehead atoms. The van der Waals surface area contributed by atoms with E-state index in [9.17, 15) is 4.79 Å². The molecular formula is C22H25NO4. The van der Waals surface area contributed by atoms with E-state index in [0.717, 1.165) is 5.56 Å². The predicted molar refractivity (Wildman–Crippen MR) is 105 cm³/mol. The van der Waals surface area contributed by atoms with Gasteiger partial charge < -0.3 is 14.3 Å². The summed E-state index contributed by atoms with van der Waals surface area (Å²) in [7, 11) is 0. The molecule has 27 heavy (non-hydrogen) atoms. The van der Waals surface area contributed by atoms with Gasteiger partial charge in [-0.25, -0.2) is 0 Å². The summed E-state index contributed by atoms with van der Waals surface area (Å²) >= 11 is 0. The van der Waals surface area contributed by atoms with Gasteiger partial charge in [0.2, 0.25) is 6.79 Å². The Morgan fingerprint density at radius 2 is 1.56 bits per heavy atom. The second kappa shape index (κ2) is 7.43. The normalized spacial score (nSPS) is 13.0. The lowest BCUT2D eigenvalue weighted by molar-refractivity contribution is -0.111. The summed E-state index contributed by atoms with van der Waals surface area (Å²) in [5.74, 6) is 1.11. The van der Waals surface area contributed by atoms with Gasteiger partial charge in [0.15, 0.2) is 23.0 Å². The SMILES string of the molecule is CC(=O)/C(=N\OCc1c(C)c(C)c(C)c(C)c1C)c1ccc2c(c1)OCO2. The van der Waals surface area contributed by atoms with Crippen molar-refractivity contribution in [3.05, 3.63) is 57.1 Å². The summed E-state index contributed by atoms with van der Waals surface area (Å²) in [5, 5.41) is 4.15. The van der Waals surface area contributed by atoms with Crippen LogP contribution in [-0.4, -0.2) is 18.3 Å². The van der Waals surface area contributed by atoms with Gasteiger partial charge in [0.05, 0.1) is 0 Å². The Morgan fingerprint density at radius 1 is 0.963 bits per heavy atom. The number of hydrogen-bond acceptors (Lipinski definition) is 5. The van der Waals surface area contributed by atoms with Crippen molar-refractivity contribution in [3.63, 3.8) is 0 Å². The summed E-state index contributed by atoms with van der Waals surface area (Å²) in [6, 6.07) is 5.31. The molecule has 3 rings (SSSR count). The van der Waals surface area contributed by atoms with Gasteiger partial charge in [0, 0.05) is 12.5 Å². The van der Waals surface area contributed by atoms with Crippen molar-refractivity contribution in [3.8, 4) is 11.5 Å². The molecule has 5 heteroatoms. The highest BCUT2D eigenvalue weighted by molar-refractivity contribution is 6.45. The van der Waals surface area contributed by atoms with E-state index in [2.05, 4.69) is 39.8 Å². The maximum Gasteiger partial charge on any atom is 0.231 e. The first-order valence-corrected chi connectivity index (χ1v) is 8.98. The van der Waals surface area contributed by atoms with Crippen LogP contribution in [0.2, 0.25) is 0 Å². The fraction of sp³-hybridized carbons (Fsp3) is 0.364. The first-order valence-electron chi connectivity index (χ1n) is 8.98. The Labute approximate surface area is 159 Å². The third kappa shape index (κ3) is 3.54. The number of oxime groups is 1. The van der Waals surface area contributed by atoms with Crippen molar-refractivity contribution in [1.82, 2.24) is 0 Å². The number of nitrogens with zero attached hydrogens (tertiary/aromatic N) is 1. The lowest BCUT2D eigenvalue weighted by Crippen LogP contribution is -2.13. The number of benzene rings is 2. The van der Waals surface area contributed by atoms with Crippen molar-refractivity contribution >= 4 is 11.5 Å². The van der Waals surface area contributed by atoms with Crippen molar-refractivity contribution in [1.29, 1.82) is 0 Å². The summed E-state index contributed by atoms with van der Waals surface area (Å²) in [6.07, 6.45) is 0. The van der Waals surface area contributed by atoms with Crippen molar-refractivity contribution in [2.75, 3.05) is 6.79 Å². The third-order valence-corrected chi connectivity index (χ3v) is 5.50. The van der Waals surface area contributed by atoms with E-state index in [4.69, 9.17) is 14.3 Å². The van der Waals surface area contributed by atoms with E-state index in [0.29, 0.717) is 23.7 Å². The molecule has 2 aromatic carbocycles. The Kier molecular flexibility index (Phi) is 5.22. The molecule has 0 amide bonds. The van der Waals surface area contributed by atoms with E-state index in [1.165, 1.54) is 34.7 Å². The highest BCUT2D eigenvalue weighted by Crippen LogP contribution is 2.33. The Bertz CT molecular complexity index is 915. The zero-order chi connectivity index (χ0) is 19.7. The molecule has 5 nitrogen and oxygen atoms in total. The molecule has 142 valence electrons. The van der Waals surface area contributed by atoms with Gasteiger partial charge in [-0.05, 0) is 86.2 Å². The number of ether oxygens (including phenoxy) is 2. The molecule has 1 heterocycles. The number of Topliss-reactive ketones (excluding diaryl/α,β-unsaturated/α-hetero) is 1. The van der Waals surface area contributed by atoms with Gasteiger partial charge in [0.1, 0.15) is 6.61 Å². The first kappa shape index (κ1) is 19.0. The highest BCUT2D eigenvalue weighted by Gasteiger charge is 2.18. The van der Waals surface area contributed by atoms with E-state index >= 15 is 0 Å². The number of fused-ring (bicyclic) bond motifs is 1. The number of carbonyl (C=O) groups excluding carboxylic acids is 1. The van der Waals surface area contributed by atoms with Gasteiger partial charge in [-0.15, -0.1) is 0 Å². The van der Waals surface area contributed by atoms with E-state index in [1.807, 2.05) is 0 Å². The van der Waals surface area contributed by atoms with E-state index < -0.39 is 0 Å². The maximum atomic E-state index is 12.1. The largest absolute Gasteiger partial charge is 0.454 e. The van der Waals surface area contributed by atoms with Crippen LogP contribution in [0.3, 0.4) is 0 Å². The van der Waals surface area contributed by atoms with Gasteiger partial charge in [-0.2, -0.15) is 0 Å². The molecule has 0 saturated carbocycles. The molecule has 2 aromatic rings. The average molecular weight is 367 g/mol. The zero-order valence-corrected chi connectivity index (χ0v) is 16.7. The van der Waals surface area contributed by atoms with Crippen molar-refractivity contribution in [2.24, 2.45) is 5.16 Å². The fourth-order valence-corrected chi connectivity index (χ4v) is 3.32. The molecule has 0 saturated heterocycles. The lowest BCUT2D eigenvalue weighted by atomic mass is 9.90. The number of rotatable bonds is 5. The maximum absolute atomic E-state index is 12.1. The molecule has 1 aliphatic heterocycles. The van der Waals surface area contributed by atoms with Crippen molar-refractivity contribution in [2.45, 2.75) is 48.1 Å². The van der Waals surface area contributed by atoms with Crippen LogP contribution in [0, 0.1) is 34.6 Å². The van der Waals surface area contributed by atoms with Crippen LogP contribution in [0.15, 0.2) is 23.4 Å². The number of hydrogen-bond donors (Lipinski definition) is 0. The molecule has 0 spiro atoms. The minimum atomic E-state index is -0.168. The molecule has 0 aromatic heterocycles. The van der Waals surface area contributed by atoms with Crippen LogP contribution < -0.4 is 9.47 Å². The minimum Gasteiger partial charge on any atom is -0.454 e. The van der Waals surface area contributed by atoms with Gasteiger partial charge in [0.25, 0.3) is 0 Å². The molecular weight excluding hydrogens is 342 g/mol. The summed E-state index contributed by atoms with van der Waals surface area (Å²) in [6.45, 7) is 12.6. The standard InChI is InChI=1S/C22H25NO4/c1-12-13(2)15(4)19(16(5)14(12)3)10-27-23-22(17(6)24)18-7-8-20-21(9-18)26-11-25-20/h7-9H,10-11H2,1-6H3/b23-22+. The van der Waals surface area contributed by atoms with Crippen LogP contribution >= 0.6 is 0 Å². The number of carbonyl (C=O) groups is 1. The molecule has 0 unspecified atom stereocenters. The van der Waals surface area contributed by atoms with E-state index in [1.54, 1.807) is 18.2 Å². The summed E-state index contributed by atoms with van der Waals surface area (Å²) in [5.41, 5.74) is 8.29. The van der Waals surface area contributed by atoms with Gasteiger partial charge in [-0.1, -0.05) is 5.16 Å². The van der Waals surface area contributed by atoms with Crippen LogP contribution in [0.1, 0.15) is 45.9 Å². The first-order chi connectivity index (χ1) is 12.8. The third-order valence-electron chi connectivity index (χ3n) is 5.50. The molecule has 0 fully saturated rings. The Morgan fingerprint density at radius 3 is 2.19 bits per heavy atom. The summed E-state index contributed by atoms with van der Waals surface area (Å²) in [4.78, 5) is 17.7. The minimum absolute atomic E-state index is 0.168. The van der Waals surface area contributed by atoms with Crippen LogP contribution in [0.25, 0.3) is 0 Å². The van der Waals surface area contributed by atoms with Crippen LogP contribution in [0.5, 0.6) is 11.5 Å². The second-order valence-electron chi connectivity index (χ2n) is 6.94. The Balaban J connectivity index is 1.87. The molecule has 0 atom stereocenters. The van der Waals surface area contributed by atoms with E-state index in [-0.39, 0.29) is 18.3 Å². The number of ketones is 1. The fourth-order valence-electron chi connectivity index (χ4n) is 3.32. The predicted octanol–water partition coefficient (Wildman–Crippen LogP) is 4.47. The Hall–Kier alpha value is -2.82.